The largest absolute Gasteiger partial charge is 0.493 e. The molecular formula is C27H25N3O6. The second-order valence-electron chi connectivity index (χ2n) is 7.97. The molecule has 9 nitrogen and oxygen atoms in total. The number of hydrogen-bond acceptors (Lipinski definition) is 6. The van der Waals surface area contributed by atoms with Crippen LogP contribution in [0.2, 0.25) is 0 Å². The van der Waals surface area contributed by atoms with Crippen molar-refractivity contribution in [3.63, 3.8) is 0 Å². The first-order chi connectivity index (χ1) is 17.4. The van der Waals surface area contributed by atoms with Gasteiger partial charge in [0.15, 0.2) is 11.5 Å². The number of nitrogens with one attached hydrogen (secondary N) is 1. The Morgan fingerprint density at radius 3 is 2.36 bits per heavy atom. The summed E-state index contributed by atoms with van der Waals surface area (Å²) in [5.41, 5.74) is 6.92. The van der Waals surface area contributed by atoms with Crippen LogP contribution in [0.3, 0.4) is 0 Å². The van der Waals surface area contributed by atoms with Crippen molar-refractivity contribution in [1.82, 2.24) is 9.99 Å². The van der Waals surface area contributed by atoms with E-state index < -0.39 is 5.97 Å². The zero-order chi connectivity index (χ0) is 25.7. The maximum Gasteiger partial charge on any atom is 0.371 e. The average Bonchev–Trinajstić information content (AvgIpc) is 3.49. The fourth-order valence-corrected chi connectivity index (χ4v) is 3.67. The van der Waals surface area contributed by atoms with E-state index in [-0.39, 0.29) is 18.3 Å². The van der Waals surface area contributed by atoms with Gasteiger partial charge in [-0.25, -0.2) is 10.2 Å². The summed E-state index contributed by atoms with van der Waals surface area (Å²) in [5, 5.41) is 13.0. The average molecular weight is 488 g/mol. The van der Waals surface area contributed by atoms with E-state index in [9.17, 15) is 9.59 Å². The normalized spacial score (nSPS) is 11.0. The van der Waals surface area contributed by atoms with Gasteiger partial charge >= 0.3 is 5.97 Å². The molecule has 1 amide bonds. The lowest BCUT2D eigenvalue weighted by Gasteiger charge is -2.10. The molecule has 0 aliphatic carbocycles. The zero-order valence-corrected chi connectivity index (χ0v) is 20.0. The molecule has 4 aromatic rings. The molecule has 2 aromatic carbocycles. The maximum atomic E-state index is 12.5. The van der Waals surface area contributed by atoms with E-state index in [1.54, 1.807) is 30.3 Å². The predicted octanol–water partition coefficient (Wildman–Crippen LogP) is 4.74. The fraction of sp³-hybridized carbons (Fsp3) is 0.148. The van der Waals surface area contributed by atoms with Crippen LogP contribution < -0.4 is 14.9 Å². The van der Waals surface area contributed by atoms with Gasteiger partial charge in [-0.3, -0.25) is 4.79 Å². The molecule has 0 radical (unpaired) electrons. The molecule has 184 valence electrons. The Labute approximate surface area is 207 Å². The number of carboxylic acids is 1. The number of methoxy groups -OCH3 is 1. The van der Waals surface area contributed by atoms with Crippen molar-refractivity contribution < 1.29 is 28.6 Å². The number of aryl methyl sites for hydroxylation is 2. The Morgan fingerprint density at radius 2 is 1.72 bits per heavy atom. The molecule has 0 saturated heterocycles. The Hall–Kier alpha value is -4.79. The van der Waals surface area contributed by atoms with Crippen molar-refractivity contribution in [2.45, 2.75) is 20.5 Å². The minimum Gasteiger partial charge on any atom is -0.493 e. The van der Waals surface area contributed by atoms with Gasteiger partial charge in [-0.05, 0) is 86.1 Å². The number of hydrogen-bond donors (Lipinski definition) is 2. The molecule has 0 atom stereocenters. The number of rotatable bonds is 9. The van der Waals surface area contributed by atoms with Gasteiger partial charge in [0.2, 0.25) is 5.76 Å². The van der Waals surface area contributed by atoms with E-state index in [1.165, 1.54) is 25.5 Å². The smallest absolute Gasteiger partial charge is 0.371 e. The number of carbonyl (C=O) groups is 2. The fourth-order valence-electron chi connectivity index (χ4n) is 3.67. The second-order valence-corrected chi connectivity index (χ2v) is 7.97. The van der Waals surface area contributed by atoms with Crippen molar-refractivity contribution in [2.75, 3.05) is 7.11 Å². The minimum atomic E-state index is -1.14. The number of aromatic carboxylic acids is 1. The Kier molecular flexibility index (Phi) is 7.20. The van der Waals surface area contributed by atoms with Gasteiger partial charge in [0, 0.05) is 22.6 Å². The van der Waals surface area contributed by atoms with Gasteiger partial charge in [-0.2, -0.15) is 5.10 Å². The number of carboxylic acid groups (broad SMARTS) is 1. The lowest BCUT2D eigenvalue weighted by atomic mass is 10.2. The maximum absolute atomic E-state index is 12.5. The van der Waals surface area contributed by atoms with E-state index in [0.29, 0.717) is 28.4 Å². The van der Waals surface area contributed by atoms with Crippen LogP contribution in [0.1, 0.15) is 43.6 Å². The first-order valence-corrected chi connectivity index (χ1v) is 11.1. The first-order valence-electron chi connectivity index (χ1n) is 11.1. The van der Waals surface area contributed by atoms with Gasteiger partial charge in [0.25, 0.3) is 5.91 Å². The van der Waals surface area contributed by atoms with E-state index in [1.807, 2.05) is 38.1 Å². The Morgan fingerprint density at radius 1 is 1.00 bits per heavy atom. The summed E-state index contributed by atoms with van der Waals surface area (Å²) in [5.74, 6) is -0.370. The number of benzene rings is 2. The van der Waals surface area contributed by atoms with Gasteiger partial charge < -0.3 is 23.6 Å². The molecule has 2 heterocycles. The number of furan rings is 1. The molecule has 0 saturated carbocycles. The summed E-state index contributed by atoms with van der Waals surface area (Å²) in [7, 11) is 1.50. The summed E-state index contributed by atoms with van der Waals surface area (Å²) in [4.78, 5) is 23.4. The lowest BCUT2D eigenvalue weighted by Crippen LogP contribution is -2.17. The third kappa shape index (κ3) is 5.47. The number of hydrazone groups is 1. The van der Waals surface area contributed by atoms with Crippen LogP contribution in [0.25, 0.3) is 5.69 Å². The summed E-state index contributed by atoms with van der Waals surface area (Å²) < 4.78 is 18.4. The van der Waals surface area contributed by atoms with Crippen molar-refractivity contribution in [3.8, 4) is 17.2 Å². The van der Waals surface area contributed by atoms with Gasteiger partial charge in [0.05, 0.1) is 13.3 Å². The first kappa shape index (κ1) is 24.3. The molecule has 36 heavy (non-hydrogen) atoms. The Balaban J connectivity index is 1.36. The van der Waals surface area contributed by atoms with Crippen LogP contribution in [0.4, 0.5) is 0 Å². The summed E-state index contributed by atoms with van der Waals surface area (Å²) in [6.07, 6.45) is 1.50. The summed E-state index contributed by atoms with van der Waals surface area (Å²) in [6, 6.07) is 19.4. The topological polar surface area (TPSA) is 115 Å². The van der Waals surface area contributed by atoms with Gasteiger partial charge in [-0.15, -0.1) is 0 Å². The van der Waals surface area contributed by atoms with Crippen molar-refractivity contribution in [2.24, 2.45) is 5.10 Å². The SMILES string of the molecule is COc1cc(C=NNC(=O)c2ccc(-n3c(C)ccc3C)cc2)ccc1OCc1ccc(C(=O)O)o1. The van der Waals surface area contributed by atoms with Crippen LogP contribution in [-0.4, -0.2) is 34.9 Å². The Bertz CT molecular complexity index is 1400. The number of aromatic nitrogens is 1. The molecule has 9 heteroatoms. The van der Waals surface area contributed by atoms with Crippen molar-refractivity contribution >= 4 is 18.1 Å². The highest BCUT2D eigenvalue weighted by Crippen LogP contribution is 2.28. The molecule has 4 rings (SSSR count). The predicted molar refractivity (Wildman–Crippen MR) is 133 cm³/mol. The molecule has 2 aromatic heterocycles. The van der Waals surface area contributed by atoms with Gasteiger partial charge in [0.1, 0.15) is 12.4 Å². The number of ether oxygens (including phenoxy) is 2. The van der Waals surface area contributed by atoms with Crippen LogP contribution >= 0.6 is 0 Å². The van der Waals surface area contributed by atoms with Crippen molar-refractivity contribution in [1.29, 1.82) is 0 Å². The zero-order valence-electron chi connectivity index (χ0n) is 20.0. The molecular weight excluding hydrogens is 462 g/mol. The van der Waals surface area contributed by atoms with E-state index in [2.05, 4.69) is 15.1 Å². The monoisotopic (exact) mass is 487 g/mol. The molecule has 2 N–H and O–H groups in total. The number of carbonyl (C=O) groups excluding carboxylic acids is 1. The highest BCUT2D eigenvalue weighted by molar-refractivity contribution is 5.95. The second kappa shape index (κ2) is 10.6. The third-order valence-corrected chi connectivity index (χ3v) is 5.47. The molecule has 0 spiro atoms. The summed E-state index contributed by atoms with van der Waals surface area (Å²) >= 11 is 0. The molecule has 0 aliphatic rings. The van der Waals surface area contributed by atoms with Crippen molar-refractivity contribution in [3.05, 3.63) is 101 Å². The highest BCUT2D eigenvalue weighted by Gasteiger charge is 2.11. The molecule has 0 bridgehead atoms. The number of nitrogens with zero attached hydrogens (tertiary/aromatic N) is 2. The number of amides is 1. The molecule has 0 fully saturated rings. The molecule has 0 aliphatic heterocycles. The summed E-state index contributed by atoms with van der Waals surface area (Å²) in [6.45, 7) is 4.10. The standard InChI is InChI=1S/C27H25N3O6/c1-17-4-5-18(2)30(17)21-9-7-20(8-10-21)26(31)29-28-15-19-6-12-23(25(14-19)34-3)35-16-22-11-13-24(36-22)27(32)33/h4-15H,16H2,1-3H3,(H,29,31)(H,32,33). The van der Waals surface area contributed by atoms with Crippen LogP contribution in [-0.2, 0) is 6.61 Å². The van der Waals surface area contributed by atoms with Crippen LogP contribution in [0, 0.1) is 13.8 Å². The van der Waals surface area contributed by atoms with E-state index in [0.717, 1.165) is 17.1 Å². The van der Waals surface area contributed by atoms with Gasteiger partial charge in [-0.1, -0.05) is 0 Å². The van der Waals surface area contributed by atoms with Crippen LogP contribution in [0.15, 0.2) is 76.2 Å². The minimum absolute atomic E-state index is 0.0371. The van der Waals surface area contributed by atoms with Crippen LogP contribution in [0.5, 0.6) is 11.5 Å². The van der Waals surface area contributed by atoms with E-state index in [4.69, 9.17) is 19.0 Å². The lowest BCUT2D eigenvalue weighted by molar-refractivity contribution is 0.0657. The molecule has 0 unspecified atom stereocenters. The third-order valence-electron chi connectivity index (χ3n) is 5.47. The quantitative estimate of drug-likeness (QED) is 0.260. The van der Waals surface area contributed by atoms with E-state index >= 15 is 0 Å². The highest BCUT2D eigenvalue weighted by atomic mass is 16.5.